The molecule has 310 valence electrons. The number of nitrogens with one attached hydrogen (secondary N) is 1. The van der Waals surface area contributed by atoms with Crippen LogP contribution in [0.2, 0.25) is 0 Å². The van der Waals surface area contributed by atoms with Gasteiger partial charge in [-0.15, -0.1) is 0 Å². The fourth-order valence-electron chi connectivity index (χ4n) is 13.4. The van der Waals surface area contributed by atoms with E-state index in [1.54, 1.807) is 7.11 Å². The molecule has 13 heteroatoms. The van der Waals surface area contributed by atoms with E-state index >= 15 is 4.79 Å². The van der Waals surface area contributed by atoms with Gasteiger partial charge in [-0.1, -0.05) is 43.7 Å². The Morgan fingerprint density at radius 3 is 2.50 bits per heavy atom. The zero-order valence-corrected chi connectivity index (χ0v) is 34.7. The van der Waals surface area contributed by atoms with E-state index in [0.717, 1.165) is 52.9 Å². The van der Waals surface area contributed by atoms with E-state index in [9.17, 15) is 14.7 Å². The maximum atomic E-state index is 15.2. The molecule has 0 amide bonds. The number of ether oxygens (including phenoxy) is 4. The Balaban J connectivity index is 1.34. The van der Waals surface area contributed by atoms with Crippen molar-refractivity contribution < 1.29 is 38.4 Å². The Hall–Kier alpha value is -4.43. The molecule has 3 unspecified atom stereocenters. The summed E-state index contributed by atoms with van der Waals surface area (Å²) < 4.78 is 24.1. The number of esters is 3. The van der Waals surface area contributed by atoms with Crippen LogP contribution in [0.4, 0.5) is 5.69 Å². The van der Waals surface area contributed by atoms with Crippen molar-refractivity contribution in [2.45, 2.75) is 88.3 Å². The Kier molecular flexibility index (Phi) is 9.12. The molecule has 1 spiro atoms. The quantitative estimate of drug-likeness (QED) is 0.161. The van der Waals surface area contributed by atoms with Crippen LogP contribution in [-0.4, -0.2) is 127 Å². The van der Waals surface area contributed by atoms with Gasteiger partial charge >= 0.3 is 17.9 Å². The molecule has 9 rings (SSSR count). The number of allylic oxidation sites excluding steroid dienone is 1. The number of aromatic amines is 1. The summed E-state index contributed by atoms with van der Waals surface area (Å²) in [6, 6.07) is 4.71. The molecule has 13 nitrogen and oxygen atoms in total. The number of nitrogens with two attached hydrogens (primary N) is 1. The van der Waals surface area contributed by atoms with Crippen LogP contribution in [0.25, 0.3) is 10.9 Å². The number of nitrogens with zero attached hydrogens (tertiary/aromatic N) is 3. The molecule has 1 aromatic heterocycles. The highest BCUT2D eigenvalue weighted by Crippen LogP contribution is 2.70. The number of methoxy groups -OCH3 is 3. The van der Waals surface area contributed by atoms with Gasteiger partial charge in [-0.3, -0.25) is 19.4 Å². The summed E-state index contributed by atoms with van der Waals surface area (Å²) in [6.45, 7) is 9.13. The van der Waals surface area contributed by atoms with Gasteiger partial charge in [-0.25, -0.2) is 4.79 Å². The lowest BCUT2D eigenvalue weighted by Gasteiger charge is -2.63. The predicted octanol–water partition coefficient (Wildman–Crippen LogP) is 3.98. The molecule has 11 atom stereocenters. The van der Waals surface area contributed by atoms with Gasteiger partial charge in [0.2, 0.25) is 5.60 Å². The van der Waals surface area contributed by atoms with Crippen LogP contribution in [0.1, 0.15) is 57.7 Å². The van der Waals surface area contributed by atoms with E-state index < -0.39 is 58.0 Å². The molecule has 4 N–H and O–H groups in total. The van der Waals surface area contributed by atoms with Gasteiger partial charge < -0.3 is 39.7 Å². The first-order chi connectivity index (χ1) is 27.8. The van der Waals surface area contributed by atoms with Gasteiger partial charge in [0, 0.05) is 98.0 Å². The van der Waals surface area contributed by atoms with E-state index in [4.69, 9.17) is 24.7 Å². The number of anilines is 1. The van der Waals surface area contributed by atoms with Gasteiger partial charge in [0.25, 0.3) is 0 Å². The maximum Gasteiger partial charge on any atom is 0.344 e. The minimum atomic E-state index is -2.27. The maximum absolute atomic E-state index is 15.2. The number of carbonyl (C=O) groups is 3. The highest BCUT2D eigenvalue weighted by Gasteiger charge is 2.81. The first-order valence-electron chi connectivity index (χ1n) is 20.8. The lowest BCUT2D eigenvalue weighted by molar-refractivity contribution is -0.243. The lowest BCUT2D eigenvalue weighted by Crippen LogP contribution is -2.79. The van der Waals surface area contributed by atoms with Crippen molar-refractivity contribution in [3.63, 3.8) is 0 Å². The third kappa shape index (κ3) is 4.93. The molecule has 58 heavy (non-hydrogen) atoms. The summed E-state index contributed by atoms with van der Waals surface area (Å²) in [7, 11) is 6.29. The number of carbonyl (C=O) groups excluding carboxylic acids is 3. The monoisotopic (exact) mass is 795 g/mol. The SMILES string of the molecule is CCC1=C[C@H]2CN(C1)Cc1c([nH]c3ccc(N)cc13)[C@@](C(=O)OC)(C1C=C3C(=CC1OC)N(C)[C@H]1[C@@](O)(C(=O)OC)[C@H](OC(C)=O)[C@]4(CC)C=CCN5CC[C@]31[C@@H]54)C2. The van der Waals surface area contributed by atoms with Crippen molar-refractivity contribution >= 4 is 34.5 Å². The molecule has 2 aromatic rings. The van der Waals surface area contributed by atoms with E-state index in [1.807, 2.05) is 37.1 Å². The third-order valence-corrected chi connectivity index (χ3v) is 15.3. The van der Waals surface area contributed by atoms with E-state index in [2.05, 4.69) is 52.1 Å². The summed E-state index contributed by atoms with van der Waals surface area (Å²) in [5, 5.41) is 14.3. The van der Waals surface area contributed by atoms with Crippen LogP contribution < -0.4 is 5.73 Å². The summed E-state index contributed by atoms with van der Waals surface area (Å²) >= 11 is 0. The number of rotatable bonds is 7. The van der Waals surface area contributed by atoms with E-state index in [-0.39, 0.29) is 17.9 Å². The minimum absolute atomic E-state index is 0.0349. The number of aromatic nitrogens is 1. The van der Waals surface area contributed by atoms with Crippen molar-refractivity contribution in [1.82, 2.24) is 19.7 Å². The van der Waals surface area contributed by atoms with Crippen molar-refractivity contribution in [3.05, 3.63) is 76.7 Å². The average molecular weight is 796 g/mol. The second-order valence-corrected chi connectivity index (χ2v) is 17.8. The summed E-state index contributed by atoms with van der Waals surface area (Å²) in [4.78, 5) is 53.3. The standard InChI is InChI=1S/C45H57N5O8/c1-8-26-17-27-21-44(40(52)56-6,36-30(24-49(22-26)23-27)29-18-28(46)11-12-33(29)47-36)32-19-31-34(20-35(32)55-5)48(4)38-43(31)14-16-50-15-10-13-42(9-2,37(43)50)39(58-25(3)51)45(38,54)41(53)57-7/h10-13,17-20,27,32,35,37-39,47,54H,8-9,14-16,21-24,46H2,1-7H3/t27-,32?,35?,37+,38-,39-,42-,43-,44+,45+/m1/s1. The summed E-state index contributed by atoms with van der Waals surface area (Å²) in [5.74, 6) is -2.35. The summed E-state index contributed by atoms with van der Waals surface area (Å²) in [6.07, 6.45) is 11.4. The topological polar surface area (TPSA) is 160 Å². The van der Waals surface area contributed by atoms with E-state index in [0.29, 0.717) is 44.6 Å². The molecule has 5 aliphatic heterocycles. The van der Waals surface area contributed by atoms with Gasteiger partial charge in [0.15, 0.2) is 6.10 Å². The first-order valence-corrected chi connectivity index (χ1v) is 20.8. The number of aliphatic hydroxyl groups is 1. The van der Waals surface area contributed by atoms with Crippen LogP contribution >= 0.6 is 0 Å². The fourth-order valence-corrected chi connectivity index (χ4v) is 13.4. The zero-order valence-electron chi connectivity index (χ0n) is 34.7. The Morgan fingerprint density at radius 1 is 1.03 bits per heavy atom. The molecule has 0 radical (unpaired) electrons. The first kappa shape index (κ1) is 39.1. The second-order valence-electron chi connectivity index (χ2n) is 17.8. The number of likely N-dealkylation sites (N-methyl/N-ethyl adjacent to an activating group) is 1. The molecule has 7 aliphatic rings. The van der Waals surface area contributed by atoms with Crippen LogP contribution in [0.15, 0.2) is 65.4 Å². The zero-order chi connectivity index (χ0) is 41.1. The highest BCUT2D eigenvalue weighted by atomic mass is 16.6. The number of fused-ring (bicyclic) bond motifs is 6. The predicted molar refractivity (Wildman–Crippen MR) is 217 cm³/mol. The molecule has 2 saturated heterocycles. The highest BCUT2D eigenvalue weighted by molar-refractivity contribution is 5.93. The number of hydrogen-bond donors (Lipinski definition) is 3. The summed E-state index contributed by atoms with van der Waals surface area (Å²) in [5.41, 5.74) is 7.54. The number of hydrogen-bond acceptors (Lipinski definition) is 12. The molecule has 6 heterocycles. The van der Waals surface area contributed by atoms with Gasteiger partial charge in [0.1, 0.15) is 5.41 Å². The largest absolute Gasteiger partial charge is 0.468 e. The number of benzene rings is 1. The van der Waals surface area contributed by atoms with Gasteiger partial charge in [-0.05, 0) is 73.6 Å². The molecular formula is C45H57N5O8. The van der Waals surface area contributed by atoms with Gasteiger partial charge in [0.05, 0.1) is 26.4 Å². The average Bonchev–Trinajstić information content (AvgIpc) is 3.86. The smallest absolute Gasteiger partial charge is 0.344 e. The van der Waals surface area contributed by atoms with E-state index in [1.165, 1.54) is 26.7 Å². The molecule has 2 aliphatic carbocycles. The van der Waals surface area contributed by atoms with Crippen LogP contribution in [-0.2, 0) is 45.3 Å². The number of likely N-dealkylation sites (tertiary alicyclic amines) is 1. The second kappa shape index (κ2) is 13.6. The van der Waals surface area contributed by atoms with Crippen molar-refractivity contribution in [2.24, 2.45) is 22.7 Å². The Bertz CT molecular complexity index is 2210. The third-order valence-electron chi connectivity index (χ3n) is 15.3. The van der Waals surface area contributed by atoms with Crippen molar-refractivity contribution in [1.29, 1.82) is 0 Å². The molecular weight excluding hydrogens is 739 g/mol. The normalized spacial score (nSPS) is 38.6. The van der Waals surface area contributed by atoms with Crippen molar-refractivity contribution in [2.75, 3.05) is 60.3 Å². The van der Waals surface area contributed by atoms with Crippen LogP contribution in [0.3, 0.4) is 0 Å². The molecule has 1 aromatic carbocycles. The number of H-pyrrole nitrogens is 1. The van der Waals surface area contributed by atoms with Crippen LogP contribution in [0, 0.1) is 22.7 Å². The Labute approximate surface area is 339 Å². The molecule has 3 fully saturated rings. The molecule has 1 saturated carbocycles. The number of nitrogen functional groups attached to an aromatic ring is 1. The minimum Gasteiger partial charge on any atom is -0.468 e. The Morgan fingerprint density at radius 2 is 1.81 bits per heavy atom. The van der Waals surface area contributed by atoms with Gasteiger partial charge in [-0.2, -0.15) is 0 Å². The molecule has 2 bridgehead atoms. The van der Waals surface area contributed by atoms with Crippen LogP contribution in [0.5, 0.6) is 0 Å². The van der Waals surface area contributed by atoms with Crippen molar-refractivity contribution in [3.8, 4) is 0 Å². The fraction of sp³-hybridized carbons (Fsp3) is 0.578. The lowest BCUT2D eigenvalue weighted by atomic mass is 9.47.